The molecule has 0 atom stereocenters. The van der Waals surface area contributed by atoms with Crippen LogP contribution in [0.15, 0.2) is 72.8 Å². The van der Waals surface area contributed by atoms with Crippen LogP contribution in [0.3, 0.4) is 0 Å². The molecule has 0 N–H and O–H groups in total. The maximum Gasteiger partial charge on any atom is 0.416 e. The number of hydrogen-bond acceptors (Lipinski definition) is 3. The molecule has 192 valence electrons. The number of nitrogens with zero attached hydrogens (tertiary/aromatic N) is 1. The Labute approximate surface area is 215 Å². The number of esters is 1. The summed E-state index contributed by atoms with van der Waals surface area (Å²) in [5.74, 6) is 4.37. The monoisotopic (exact) mass is 507 g/mol. The van der Waals surface area contributed by atoms with Gasteiger partial charge in [0.25, 0.3) is 0 Å². The van der Waals surface area contributed by atoms with Crippen molar-refractivity contribution < 1.29 is 27.5 Å². The molecule has 37 heavy (non-hydrogen) atoms. The van der Waals surface area contributed by atoms with Crippen molar-refractivity contribution in [3.05, 3.63) is 106 Å². The van der Waals surface area contributed by atoms with Crippen molar-refractivity contribution in [3.63, 3.8) is 0 Å². The average molecular weight is 508 g/mol. The molecule has 0 aliphatic heterocycles. The van der Waals surface area contributed by atoms with E-state index in [9.17, 15) is 22.8 Å². The highest BCUT2D eigenvalue weighted by molar-refractivity contribution is 6.32. The van der Waals surface area contributed by atoms with Gasteiger partial charge in [-0.1, -0.05) is 61.6 Å². The van der Waals surface area contributed by atoms with Gasteiger partial charge < -0.3 is 9.64 Å². The molecule has 0 fully saturated rings. The smallest absolute Gasteiger partial charge is 0.416 e. The van der Waals surface area contributed by atoms with Crippen LogP contribution >= 0.6 is 0 Å². The maximum absolute atomic E-state index is 12.9. The molecule has 0 saturated carbocycles. The van der Waals surface area contributed by atoms with E-state index in [1.54, 1.807) is 19.1 Å². The Balaban J connectivity index is 1.73. The number of carbonyl (C=O) groups excluding carboxylic acids is 2. The highest BCUT2D eigenvalue weighted by Crippen LogP contribution is 2.29. The Kier molecular flexibility index (Phi) is 9.51. The molecule has 1 amide bonds. The molecule has 0 saturated heterocycles. The van der Waals surface area contributed by atoms with E-state index in [0.717, 1.165) is 41.7 Å². The molecule has 3 aromatic rings. The van der Waals surface area contributed by atoms with E-state index < -0.39 is 23.6 Å². The predicted octanol–water partition coefficient (Wildman–Crippen LogP) is 6.15. The van der Waals surface area contributed by atoms with Gasteiger partial charge in [0.05, 0.1) is 12.2 Å². The summed E-state index contributed by atoms with van der Waals surface area (Å²) in [6.07, 6.45) is -2.34. The number of carbonyl (C=O) groups is 2. The molecule has 0 bridgehead atoms. The lowest BCUT2D eigenvalue weighted by Gasteiger charge is -2.22. The number of hydrogen-bond donors (Lipinski definition) is 0. The molecule has 4 nitrogen and oxygen atoms in total. The minimum atomic E-state index is -4.46. The quantitative estimate of drug-likeness (QED) is 0.219. The zero-order chi connectivity index (χ0) is 26.8. The van der Waals surface area contributed by atoms with Crippen molar-refractivity contribution in [2.75, 3.05) is 6.61 Å². The van der Waals surface area contributed by atoms with Crippen molar-refractivity contribution >= 4 is 11.9 Å². The van der Waals surface area contributed by atoms with E-state index in [0.29, 0.717) is 5.56 Å². The third-order valence-electron chi connectivity index (χ3n) is 5.56. The third kappa shape index (κ3) is 8.25. The second-order valence-electron chi connectivity index (χ2n) is 8.47. The molecule has 0 heterocycles. The Morgan fingerprint density at radius 1 is 0.757 bits per heavy atom. The summed E-state index contributed by atoms with van der Waals surface area (Å²) in [7, 11) is 0. The summed E-state index contributed by atoms with van der Waals surface area (Å²) in [5, 5.41) is 0. The van der Waals surface area contributed by atoms with Crippen LogP contribution in [0, 0.1) is 11.8 Å². The van der Waals surface area contributed by atoms with Crippen molar-refractivity contribution in [3.8, 4) is 11.8 Å². The van der Waals surface area contributed by atoms with Gasteiger partial charge in [0, 0.05) is 24.2 Å². The van der Waals surface area contributed by atoms with Crippen LogP contribution in [-0.4, -0.2) is 23.4 Å². The molecule has 0 aliphatic rings. The molecule has 0 radical (unpaired) electrons. The standard InChI is InChI=1S/C30H28F3NO3/c1-3-5-22-6-8-23(9-7-22)10-11-24-12-14-25(15-13-24)20-34(28(35)29(36)37-4-2)21-26-16-18-27(19-17-26)30(31,32)33/h6-9,12-19H,3-5,20-21H2,1-2H3. The SMILES string of the molecule is CCCc1ccc(C#Cc2ccc(CN(Cc3ccc(C(F)(F)F)cc3)C(=O)C(=O)OCC)cc2)cc1. The van der Waals surface area contributed by atoms with Gasteiger partial charge in [-0.15, -0.1) is 0 Å². The van der Waals surface area contributed by atoms with Gasteiger partial charge in [-0.2, -0.15) is 13.2 Å². The first-order chi connectivity index (χ1) is 17.7. The summed E-state index contributed by atoms with van der Waals surface area (Å²) in [6, 6.07) is 19.9. The van der Waals surface area contributed by atoms with E-state index in [4.69, 9.17) is 4.74 Å². The van der Waals surface area contributed by atoms with Gasteiger partial charge in [-0.3, -0.25) is 4.79 Å². The topological polar surface area (TPSA) is 46.6 Å². The fraction of sp³-hybridized carbons (Fsp3) is 0.267. The van der Waals surface area contributed by atoms with Gasteiger partial charge >= 0.3 is 18.1 Å². The van der Waals surface area contributed by atoms with Crippen molar-refractivity contribution in [1.29, 1.82) is 0 Å². The van der Waals surface area contributed by atoms with Crippen LogP contribution in [0.5, 0.6) is 0 Å². The third-order valence-corrected chi connectivity index (χ3v) is 5.56. The first-order valence-corrected chi connectivity index (χ1v) is 12.0. The maximum atomic E-state index is 12.9. The average Bonchev–Trinajstić information content (AvgIpc) is 2.88. The zero-order valence-corrected chi connectivity index (χ0v) is 20.8. The van der Waals surface area contributed by atoms with Crippen LogP contribution < -0.4 is 0 Å². The van der Waals surface area contributed by atoms with Crippen LogP contribution in [0.4, 0.5) is 13.2 Å². The lowest BCUT2D eigenvalue weighted by Crippen LogP contribution is -2.36. The first-order valence-electron chi connectivity index (χ1n) is 12.0. The highest BCUT2D eigenvalue weighted by Gasteiger charge is 2.30. The highest BCUT2D eigenvalue weighted by atomic mass is 19.4. The molecular formula is C30H28F3NO3. The number of alkyl halides is 3. The summed E-state index contributed by atoms with van der Waals surface area (Å²) in [4.78, 5) is 26.1. The Morgan fingerprint density at radius 3 is 1.65 bits per heavy atom. The van der Waals surface area contributed by atoms with E-state index in [-0.39, 0.29) is 19.7 Å². The fourth-order valence-corrected chi connectivity index (χ4v) is 3.64. The van der Waals surface area contributed by atoms with Gasteiger partial charge in [-0.05, 0) is 66.4 Å². The number of amides is 1. The van der Waals surface area contributed by atoms with E-state index >= 15 is 0 Å². The van der Waals surface area contributed by atoms with E-state index in [1.807, 2.05) is 24.3 Å². The van der Waals surface area contributed by atoms with E-state index in [2.05, 4.69) is 30.9 Å². The first kappa shape index (κ1) is 27.5. The Morgan fingerprint density at radius 2 is 1.22 bits per heavy atom. The largest absolute Gasteiger partial charge is 0.459 e. The van der Waals surface area contributed by atoms with Crippen LogP contribution in [-0.2, 0) is 40.0 Å². The number of ether oxygens (including phenoxy) is 1. The predicted molar refractivity (Wildman–Crippen MR) is 135 cm³/mol. The zero-order valence-electron chi connectivity index (χ0n) is 20.8. The van der Waals surface area contributed by atoms with Crippen LogP contribution in [0.2, 0.25) is 0 Å². The molecule has 0 spiro atoms. The summed E-state index contributed by atoms with van der Waals surface area (Å²) in [6.45, 7) is 3.78. The number of aryl methyl sites for hydroxylation is 1. The van der Waals surface area contributed by atoms with Gasteiger partial charge in [0.15, 0.2) is 0 Å². The van der Waals surface area contributed by atoms with E-state index in [1.165, 1.54) is 22.6 Å². The lowest BCUT2D eigenvalue weighted by molar-refractivity contribution is -0.160. The summed E-state index contributed by atoms with van der Waals surface area (Å²) >= 11 is 0. The summed E-state index contributed by atoms with van der Waals surface area (Å²) in [5.41, 5.74) is 3.37. The minimum Gasteiger partial charge on any atom is -0.459 e. The number of halogens is 3. The molecule has 3 aromatic carbocycles. The van der Waals surface area contributed by atoms with Gasteiger partial charge in [-0.25, -0.2) is 4.79 Å². The van der Waals surface area contributed by atoms with Crippen LogP contribution in [0.1, 0.15) is 53.6 Å². The van der Waals surface area contributed by atoms with Gasteiger partial charge in [0.1, 0.15) is 0 Å². The minimum absolute atomic E-state index is 0.0351. The Bertz CT molecular complexity index is 1250. The molecule has 0 aliphatic carbocycles. The molecule has 0 aromatic heterocycles. The molecular weight excluding hydrogens is 479 g/mol. The number of benzene rings is 3. The lowest BCUT2D eigenvalue weighted by atomic mass is 10.1. The van der Waals surface area contributed by atoms with Crippen molar-refractivity contribution in [2.45, 2.75) is 46.0 Å². The Hall–Kier alpha value is -4.05. The van der Waals surface area contributed by atoms with Crippen molar-refractivity contribution in [2.24, 2.45) is 0 Å². The molecule has 7 heteroatoms. The summed E-state index contributed by atoms with van der Waals surface area (Å²) < 4.78 is 43.5. The number of rotatable bonds is 7. The second kappa shape index (κ2) is 12.8. The molecule has 3 rings (SSSR count). The normalized spacial score (nSPS) is 10.8. The fourth-order valence-electron chi connectivity index (χ4n) is 3.64. The molecule has 0 unspecified atom stereocenters. The van der Waals surface area contributed by atoms with Crippen molar-refractivity contribution in [1.82, 2.24) is 4.90 Å². The van der Waals surface area contributed by atoms with Gasteiger partial charge in [0.2, 0.25) is 0 Å². The van der Waals surface area contributed by atoms with Crippen LogP contribution in [0.25, 0.3) is 0 Å². The second-order valence-corrected chi connectivity index (χ2v) is 8.47.